The lowest BCUT2D eigenvalue weighted by Gasteiger charge is -2.41. The van der Waals surface area contributed by atoms with Crippen LogP contribution < -0.4 is 14.8 Å². The van der Waals surface area contributed by atoms with Crippen LogP contribution in [0.4, 0.5) is 4.79 Å². The number of likely N-dealkylation sites (tertiary alicyclic amines) is 1. The second-order valence-electron chi connectivity index (χ2n) is 9.63. The van der Waals surface area contributed by atoms with Crippen molar-refractivity contribution in [3.05, 3.63) is 95.6 Å². The molecule has 0 atom stereocenters. The number of nitrogens with one attached hydrogen (secondary N) is 1. The van der Waals surface area contributed by atoms with Gasteiger partial charge in [-0.2, -0.15) is 0 Å². The summed E-state index contributed by atoms with van der Waals surface area (Å²) >= 11 is 0. The Hall–Kier alpha value is -4.00. The predicted octanol–water partition coefficient (Wildman–Crippen LogP) is 5.12. The summed E-state index contributed by atoms with van der Waals surface area (Å²) in [6.07, 6.45) is 2.06. The molecule has 0 aliphatic carbocycles. The summed E-state index contributed by atoms with van der Waals surface area (Å²) in [6.45, 7) is 1.82. The Balaban J connectivity index is 1.35. The van der Waals surface area contributed by atoms with Crippen molar-refractivity contribution in [1.82, 2.24) is 10.2 Å². The van der Waals surface area contributed by atoms with Gasteiger partial charge in [-0.3, -0.25) is 4.79 Å². The molecule has 1 saturated heterocycles. The maximum atomic E-state index is 13.2. The summed E-state index contributed by atoms with van der Waals surface area (Å²) in [4.78, 5) is 27.6. The van der Waals surface area contributed by atoms with Gasteiger partial charge in [-0.25, -0.2) is 4.79 Å². The molecule has 1 aliphatic heterocycles. The molecule has 1 aliphatic rings. The lowest BCUT2D eigenvalue weighted by atomic mass is 9.70. The second kappa shape index (κ2) is 13.0. The zero-order valence-electron chi connectivity index (χ0n) is 22.2. The van der Waals surface area contributed by atoms with Crippen molar-refractivity contribution in [1.29, 1.82) is 0 Å². The Bertz CT molecular complexity index is 1190. The van der Waals surface area contributed by atoms with Crippen LogP contribution in [0.25, 0.3) is 0 Å². The molecule has 3 aromatic carbocycles. The molecule has 200 valence electrons. The van der Waals surface area contributed by atoms with Crippen molar-refractivity contribution < 1.29 is 23.8 Å². The standard InChI is InChI=1S/C31H36N2O5/c1-36-27-13-14-28(37-2)25(21-27)15-18-32-29(34)22-31(26-11-7-4-8-12-26)16-19-33(20-17-31)30(35)38-23-24-9-5-3-6-10-24/h3-14,21H,15-20,22-23H2,1-2H3,(H,32,34). The Labute approximate surface area is 224 Å². The number of amides is 2. The molecule has 1 N–H and O–H groups in total. The van der Waals surface area contributed by atoms with Crippen LogP contribution >= 0.6 is 0 Å². The zero-order valence-corrected chi connectivity index (χ0v) is 22.2. The third-order valence-corrected chi connectivity index (χ3v) is 7.27. The fourth-order valence-corrected chi connectivity index (χ4v) is 5.07. The SMILES string of the molecule is COc1ccc(OC)c(CCNC(=O)CC2(c3ccccc3)CCN(C(=O)OCc3ccccc3)CC2)c1. The number of benzene rings is 3. The van der Waals surface area contributed by atoms with Crippen molar-refractivity contribution in [2.75, 3.05) is 33.9 Å². The molecular formula is C31H36N2O5. The summed E-state index contributed by atoms with van der Waals surface area (Å²) in [5.74, 6) is 1.52. The first kappa shape index (κ1) is 27.0. The molecule has 0 saturated carbocycles. The van der Waals surface area contributed by atoms with Crippen molar-refractivity contribution >= 4 is 12.0 Å². The maximum Gasteiger partial charge on any atom is 0.410 e. The molecule has 4 rings (SSSR count). The summed E-state index contributed by atoms with van der Waals surface area (Å²) in [6, 6.07) is 25.5. The topological polar surface area (TPSA) is 77.1 Å². The van der Waals surface area contributed by atoms with Gasteiger partial charge < -0.3 is 24.4 Å². The van der Waals surface area contributed by atoms with Crippen molar-refractivity contribution in [2.45, 2.75) is 37.7 Å². The van der Waals surface area contributed by atoms with Gasteiger partial charge in [0.25, 0.3) is 0 Å². The lowest BCUT2D eigenvalue weighted by molar-refractivity contribution is -0.122. The van der Waals surface area contributed by atoms with Gasteiger partial charge in [0.05, 0.1) is 14.2 Å². The molecule has 1 fully saturated rings. The van der Waals surface area contributed by atoms with Gasteiger partial charge in [0.1, 0.15) is 18.1 Å². The number of nitrogens with zero attached hydrogens (tertiary/aromatic N) is 1. The summed E-state index contributed by atoms with van der Waals surface area (Å²) in [5, 5.41) is 3.09. The zero-order chi connectivity index (χ0) is 26.8. The third kappa shape index (κ3) is 6.85. The van der Waals surface area contributed by atoms with E-state index >= 15 is 0 Å². The van der Waals surface area contributed by atoms with Gasteiger partial charge in [-0.15, -0.1) is 0 Å². The number of ether oxygens (including phenoxy) is 3. The minimum atomic E-state index is -0.338. The maximum absolute atomic E-state index is 13.2. The molecular weight excluding hydrogens is 480 g/mol. The molecule has 0 aromatic heterocycles. The van der Waals surface area contributed by atoms with Crippen molar-refractivity contribution in [3.8, 4) is 11.5 Å². The largest absolute Gasteiger partial charge is 0.497 e. The van der Waals surface area contributed by atoms with E-state index in [0.717, 1.165) is 28.2 Å². The molecule has 2 amide bonds. The Morgan fingerprint density at radius 1 is 0.895 bits per heavy atom. The number of rotatable bonds is 10. The first-order valence-electron chi connectivity index (χ1n) is 13.0. The highest BCUT2D eigenvalue weighted by Crippen LogP contribution is 2.39. The van der Waals surface area contributed by atoms with E-state index < -0.39 is 0 Å². The fourth-order valence-electron chi connectivity index (χ4n) is 5.07. The van der Waals surface area contributed by atoms with Gasteiger partial charge >= 0.3 is 6.09 Å². The van der Waals surface area contributed by atoms with E-state index in [9.17, 15) is 9.59 Å². The fraction of sp³-hybridized carbons (Fsp3) is 0.355. The number of methoxy groups -OCH3 is 2. The predicted molar refractivity (Wildman–Crippen MR) is 146 cm³/mol. The highest BCUT2D eigenvalue weighted by molar-refractivity contribution is 5.78. The van der Waals surface area contributed by atoms with Crippen molar-refractivity contribution in [2.24, 2.45) is 0 Å². The summed E-state index contributed by atoms with van der Waals surface area (Å²) < 4.78 is 16.3. The normalized spacial score (nSPS) is 14.4. The van der Waals surface area contributed by atoms with Crippen LogP contribution in [0.5, 0.6) is 11.5 Å². The minimum Gasteiger partial charge on any atom is -0.497 e. The van der Waals surface area contributed by atoms with Crippen LogP contribution in [0.15, 0.2) is 78.9 Å². The molecule has 7 nitrogen and oxygen atoms in total. The van der Waals surface area contributed by atoms with E-state index in [0.29, 0.717) is 45.3 Å². The summed E-state index contributed by atoms with van der Waals surface area (Å²) in [7, 11) is 3.27. The molecule has 0 bridgehead atoms. The average Bonchev–Trinajstić information content (AvgIpc) is 2.97. The highest BCUT2D eigenvalue weighted by atomic mass is 16.6. The quantitative estimate of drug-likeness (QED) is 0.405. The van der Waals surface area contributed by atoms with E-state index in [-0.39, 0.29) is 24.0 Å². The van der Waals surface area contributed by atoms with Crippen LogP contribution in [0.2, 0.25) is 0 Å². The van der Waals surface area contributed by atoms with E-state index in [1.165, 1.54) is 0 Å². The Morgan fingerprint density at radius 2 is 1.58 bits per heavy atom. The lowest BCUT2D eigenvalue weighted by Crippen LogP contribution is -2.47. The Kier molecular flexibility index (Phi) is 9.25. The van der Waals surface area contributed by atoms with Gasteiger partial charge in [0, 0.05) is 31.5 Å². The number of hydrogen-bond acceptors (Lipinski definition) is 5. The molecule has 0 radical (unpaired) electrons. The molecule has 7 heteroatoms. The summed E-state index contributed by atoms with van der Waals surface area (Å²) in [5.41, 5.74) is 2.73. The molecule has 0 unspecified atom stereocenters. The first-order chi connectivity index (χ1) is 18.5. The van der Waals surface area contributed by atoms with Gasteiger partial charge in [-0.1, -0.05) is 60.7 Å². The number of hydrogen-bond donors (Lipinski definition) is 1. The van der Waals surface area contributed by atoms with Gasteiger partial charge in [0.2, 0.25) is 5.91 Å². The second-order valence-corrected chi connectivity index (χ2v) is 9.63. The first-order valence-corrected chi connectivity index (χ1v) is 13.0. The molecule has 38 heavy (non-hydrogen) atoms. The van der Waals surface area contributed by atoms with Gasteiger partial charge in [-0.05, 0) is 54.2 Å². The number of piperidine rings is 1. The van der Waals surface area contributed by atoms with Gasteiger partial charge in [0.15, 0.2) is 0 Å². The molecule has 0 spiro atoms. The van der Waals surface area contributed by atoms with Crippen molar-refractivity contribution in [3.63, 3.8) is 0 Å². The highest BCUT2D eigenvalue weighted by Gasteiger charge is 2.39. The molecule has 1 heterocycles. The van der Waals surface area contributed by atoms with E-state index in [1.54, 1.807) is 19.1 Å². The van der Waals surface area contributed by atoms with Crippen LogP contribution in [0.1, 0.15) is 36.0 Å². The van der Waals surface area contributed by atoms with E-state index in [1.807, 2.05) is 66.7 Å². The van der Waals surface area contributed by atoms with Crippen LogP contribution in [-0.2, 0) is 28.0 Å². The van der Waals surface area contributed by atoms with E-state index in [4.69, 9.17) is 14.2 Å². The molecule has 3 aromatic rings. The third-order valence-electron chi connectivity index (χ3n) is 7.27. The number of carbonyl (C=O) groups is 2. The van der Waals surface area contributed by atoms with Crippen LogP contribution in [0.3, 0.4) is 0 Å². The minimum absolute atomic E-state index is 0.00387. The van der Waals surface area contributed by atoms with E-state index in [2.05, 4.69) is 17.4 Å². The van der Waals surface area contributed by atoms with Crippen LogP contribution in [-0.4, -0.2) is 50.8 Å². The average molecular weight is 517 g/mol. The van der Waals surface area contributed by atoms with Crippen LogP contribution in [0, 0.1) is 0 Å². The smallest absolute Gasteiger partial charge is 0.410 e. The number of carbonyl (C=O) groups excluding carboxylic acids is 2. The monoisotopic (exact) mass is 516 g/mol. The Morgan fingerprint density at radius 3 is 2.24 bits per heavy atom.